The summed E-state index contributed by atoms with van der Waals surface area (Å²) >= 11 is 0. The van der Waals surface area contributed by atoms with Gasteiger partial charge in [0.05, 0.1) is 30.6 Å². The van der Waals surface area contributed by atoms with Gasteiger partial charge in [0.25, 0.3) is 0 Å². The molecule has 4 aromatic rings. The van der Waals surface area contributed by atoms with Crippen molar-refractivity contribution < 1.29 is 4.74 Å². The van der Waals surface area contributed by atoms with Crippen LogP contribution in [0.2, 0.25) is 0 Å². The van der Waals surface area contributed by atoms with Crippen LogP contribution in [0.15, 0.2) is 72.2 Å². The van der Waals surface area contributed by atoms with Crippen LogP contribution >= 0.6 is 0 Å². The summed E-state index contributed by atoms with van der Waals surface area (Å²) in [5.74, 6) is 1.41. The lowest BCUT2D eigenvalue weighted by molar-refractivity contribution is 0.415. The van der Waals surface area contributed by atoms with E-state index in [0.29, 0.717) is 11.5 Å². The molecule has 0 aliphatic heterocycles. The van der Waals surface area contributed by atoms with Crippen molar-refractivity contribution >= 4 is 23.1 Å². The Morgan fingerprint density at radius 3 is 2.62 bits per heavy atom. The fourth-order valence-corrected chi connectivity index (χ4v) is 2.55. The van der Waals surface area contributed by atoms with Crippen molar-refractivity contribution in [3.8, 4) is 11.4 Å². The number of aromatic nitrogens is 4. The molecule has 7 heteroatoms. The maximum Gasteiger partial charge on any atom is 0.168 e. The smallest absolute Gasteiger partial charge is 0.168 e. The number of fused-ring (bicyclic) bond motifs is 1. The molecule has 0 saturated carbocycles. The number of benzene rings is 2. The zero-order valence-corrected chi connectivity index (χ0v) is 14.1. The lowest BCUT2D eigenvalue weighted by Gasteiger charge is -2.03. The molecule has 0 saturated heterocycles. The van der Waals surface area contributed by atoms with Gasteiger partial charge in [0.1, 0.15) is 12.1 Å². The number of nitrogens with one attached hydrogen (secondary N) is 1. The van der Waals surface area contributed by atoms with Gasteiger partial charge in [-0.15, -0.1) is 0 Å². The first kappa shape index (κ1) is 15.8. The van der Waals surface area contributed by atoms with Gasteiger partial charge in [0.15, 0.2) is 11.5 Å². The van der Waals surface area contributed by atoms with Crippen molar-refractivity contribution in [2.45, 2.75) is 0 Å². The second kappa shape index (κ2) is 7.02. The van der Waals surface area contributed by atoms with Gasteiger partial charge in [-0.05, 0) is 42.0 Å². The van der Waals surface area contributed by atoms with Gasteiger partial charge in [0.2, 0.25) is 0 Å². The van der Waals surface area contributed by atoms with E-state index in [2.05, 4.69) is 25.6 Å². The number of methoxy groups -OCH3 is 1. The molecular formula is C19H16N6O. The fraction of sp³-hybridized carbons (Fsp3) is 0.0526. The Labute approximate surface area is 150 Å². The van der Waals surface area contributed by atoms with Crippen molar-refractivity contribution in [2.75, 3.05) is 12.5 Å². The summed E-state index contributed by atoms with van der Waals surface area (Å²) in [4.78, 5) is 8.61. The number of nitrogens with zero attached hydrogens (tertiary/aromatic N) is 5. The van der Waals surface area contributed by atoms with Gasteiger partial charge in [-0.1, -0.05) is 18.2 Å². The zero-order chi connectivity index (χ0) is 17.8. The Bertz CT molecular complexity index is 1040. The monoisotopic (exact) mass is 344 g/mol. The van der Waals surface area contributed by atoms with E-state index in [1.165, 1.54) is 6.33 Å². The van der Waals surface area contributed by atoms with Gasteiger partial charge in [-0.3, -0.25) is 5.43 Å². The topological polar surface area (TPSA) is 77.2 Å². The van der Waals surface area contributed by atoms with Crippen LogP contribution < -0.4 is 10.2 Å². The first-order valence-corrected chi connectivity index (χ1v) is 8.02. The first-order chi connectivity index (χ1) is 12.8. The summed E-state index contributed by atoms with van der Waals surface area (Å²) in [5.41, 5.74) is 5.57. The largest absolute Gasteiger partial charge is 0.497 e. The normalized spacial score (nSPS) is 11.1. The number of hydrazone groups is 1. The van der Waals surface area contributed by atoms with E-state index in [9.17, 15) is 0 Å². The van der Waals surface area contributed by atoms with E-state index < -0.39 is 0 Å². The van der Waals surface area contributed by atoms with Gasteiger partial charge in [0, 0.05) is 0 Å². The number of hydrogen-bond acceptors (Lipinski definition) is 6. The van der Waals surface area contributed by atoms with Crippen LogP contribution in [0.5, 0.6) is 5.75 Å². The Hall–Kier alpha value is -3.74. The molecule has 2 aromatic heterocycles. The highest BCUT2D eigenvalue weighted by Crippen LogP contribution is 2.21. The van der Waals surface area contributed by atoms with Crippen LogP contribution in [-0.2, 0) is 0 Å². The summed E-state index contributed by atoms with van der Waals surface area (Å²) in [6, 6.07) is 17.4. The molecular weight excluding hydrogens is 328 g/mol. The second-order valence-electron chi connectivity index (χ2n) is 5.49. The molecule has 2 aromatic carbocycles. The lowest BCUT2D eigenvalue weighted by atomic mass is 10.2. The molecule has 0 amide bonds. The molecule has 0 aliphatic rings. The number of anilines is 1. The highest BCUT2D eigenvalue weighted by atomic mass is 16.5. The Kier molecular flexibility index (Phi) is 4.26. The minimum absolute atomic E-state index is 0.599. The van der Waals surface area contributed by atoms with E-state index in [0.717, 1.165) is 22.4 Å². The summed E-state index contributed by atoms with van der Waals surface area (Å²) in [5, 5.41) is 9.47. The van der Waals surface area contributed by atoms with Crippen LogP contribution in [0.25, 0.3) is 16.7 Å². The van der Waals surface area contributed by atoms with E-state index in [1.54, 1.807) is 24.2 Å². The van der Waals surface area contributed by atoms with Crippen molar-refractivity contribution in [2.24, 2.45) is 5.10 Å². The van der Waals surface area contributed by atoms with Crippen LogP contribution in [0.1, 0.15) is 5.56 Å². The van der Waals surface area contributed by atoms with Crippen LogP contribution in [-0.4, -0.2) is 33.1 Å². The third-order valence-corrected chi connectivity index (χ3v) is 3.87. The molecule has 0 spiro atoms. The summed E-state index contributed by atoms with van der Waals surface area (Å²) in [6.07, 6.45) is 4.94. The highest BCUT2D eigenvalue weighted by Gasteiger charge is 2.10. The maximum absolute atomic E-state index is 5.14. The standard InChI is InChI=1S/C19H16N6O/c1-26-16-9-7-14(8-10-16)11-22-24-18-17-12-23-25(19(17)21-13-20-18)15-5-3-2-4-6-15/h2-13H,1H3,(H,20,21,24). The minimum Gasteiger partial charge on any atom is -0.497 e. The molecule has 0 aliphatic carbocycles. The molecule has 0 radical (unpaired) electrons. The van der Waals surface area contributed by atoms with Crippen molar-refractivity contribution in [3.05, 3.63) is 72.7 Å². The average molecular weight is 344 g/mol. The van der Waals surface area contributed by atoms with E-state index in [-0.39, 0.29) is 0 Å². The first-order valence-electron chi connectivity index (χ1n) is 8.02. The van der Waals surface area contributed by atoms with Crippen LogP contribution in [0, 0.1) is 0 Å². The van der Waals surface area contributed by atoms with Gasteiger partial charge in [-0.2, -0.15) is 10.2 Å². The Balaban J connectivity index is 1.59. The predicted octanol–water partition coefficient (Wildman–Crippen LogP) is 3.27. The number of ether oxygens (including phenoxy) is 1. The summed E-state index contributed by atoms with van der Waals surface area (Å²) < 4.78 is 6.92. The van der Waals surface area contributed by atoms with E-state index in [4.69, 9.17) is 4.74 Å². The summed E-state index contributed by atoms with van der Waals surface area (Å²) in [6.45, 7) is 0. The summed E-state index contributed by atoms with van der Waals surface area (Å²) in [7, 11) is 1.64. The van der Waals surface area contributed by atoms with Gasteiger partial charge >= 0.3 is 0 Å². The number of hydrogen-bond donors (Lipinski definition) is 1. The number of para-hydroxylation sites is 1. The fourth-order valence-electron chi connectivity index (χ4n) is 2.55. The Morgan fingerprint density at radius 2 is 1.85 bits per heavy atom. The van der Waals surface area contributed by atoms with Crippen molar-refractivity contribution in [1.82, 2.24) is 19.7 Å². The second-order valence-corrected chi connectivity index (χ2v) is 5.49. The molecule has 2 heterocycles. The van der Waals surface area contributed by atoms with E-state index >= 15 is 0 Å². The molecule has 0 unspecified atom stereocenters. The molecule has 0 atom stereocenters. The molecule has 128 valence electrons. The quantitative estimate of drug-likeness (QED) is 0.444. The minimum atomic E-state index is 0.599. The molecule has 0 bridgehead atoms. The molecule has 4 rings (SSSR count). The third kappa shape index (κ3) is 3.10. The highest BCUT2D eigenvalue weighted by molar-refractivity contribution is 5.88. The average Bonchev–Trinajstić information content (AvgIpc) is 3.14. The maximum atomic E-state index is 5.14. The van der Waals surface area contributed by atoms with Crippen molar-refractivity contribution in [1.29, 1.82) is 0 Å². The predicted molar refractivity (Wildman–Crippen MR) is 101 cm³/mol. The molecule has 0 fully saturated rings. The molecule has 26 heavy (non-hydrogen) atoms. The van der Waals surface area contributed by atoms with Crippen LogP contribution in [0.3, 0.4) is 0 Å². The lowest BCUT2D eigenvalue weighted by Crippen LogP contribution is -1.99. The SMILES string of the molecule is COc1ccc(C=NNc2ncnc3c2cnn3-c2ccccc2)cc1. The Morgan fingerprint density at radius 1 is 1.04 bits per heavy atom. The van der Waals surface area contributed by atoms with E-state index in [1.807, 2.05) is 54.6 Å². The number of rotatable bonds is 5. The third-order valence-electron chi connectivity index (χ3n) is 3.87. The van der Waals surface area contributed by atoms with Crippen LogP contribution in [0.4, 0.5) is 5.82 Å². The molecule has 1 N–H and O–H groups in total. The molecule has 7 nitrogen and oxygen atoms in total. The zero-order valence-electron chi connectivity index (χ0n) is 14.1. The van der Waals surface area contributed by atoms with Gasteiger partial charge < -0.3 is 4.74 Å². The van der Waals surface area contributed by atoms with Crippen molar-refractivity contribution in [3.63, 3.8) is 0 Å². The van der Waals surface area contributed by atoms with Gasteiger partial charge in [-0.25, -0.2) is 14.6 Å².